The minimum Gasteiger partial charge on any atom is -0.480 e. The molecule has 0 radical (unpaired) electrons. The molecule has 0 atom stereocenters. The summed E-state index contributed by atoms with van der Waals surface area (Å²) in [7, 11) is -3.74. The van der Waals surface area contributed by atoms with Gasteiger partial charge in [0.15, 0.2) is 0 Å². The SMILES string of the molecule is CCNS(=O)(=O)NC(CC)(CC)C(=O)O. The predicted octanol–water partition coefficient (Wildman–Crippen LogP) is 0.0737. The van der Waals surface area contributed by atoms with E-state index in [1.807, 2.05) is 0 Å². The Bertz CT molecular complexity index is 309. The predicted molar refractivity (Wildman–Crippen MR) is 56.7 cm³/mol. The van der Waals surface area contributed by atoms with Crippen LogP contribution in [0.25, 0.3) is 0 Å². The van der Waals surface area contributed by atoms with E-state index in [4.69, 9.17) is 5.11 Å². The second kappa shape index (κ2) is 5.43. The van der Waals surface area contributed by atoms with E-state index in [2.05, 4.69) is 9.44 Å². The highest BCUT2D eigenvalue weighted by molar-refractivity contribution is 7.87. The molecule has 0 rings (SSSR count). The van der Waals surface area contributed by atoms with Crippen LogP contribution >= 0.6 is 0 Å². The van der Waals surface area contributed by atoms with Gasteiger partial charge < -0.3 is 5.11 Å². The molecule has 0 spiro atoms. The molecule has 90 valence electrons. The molecule has 3 N–H and O–H groups in total. The van der Waals surface area contributed by atoms with Gasteiger partial charge in [0.05, 0.1) is 0 Å². The highest BCUT2D eigenvalue weighted by Crippen LogP contribution is 2.16. The molecular weight excluding hydrogens is 220 g/mol. The second-order valence-corrected chi connectivity index (χ2v) is 4.70. The molecule has 0 heterocycles. The molecule has 0 aromatic rings. The van der Waals surface area contributed by atoms with E-state index in [0.29, 0.717) is 0 Å². The smallest absolute Gasteiger partial charge is 0.324 e. The summed E-state index contributed by atoms with van der Waals surface area (Å²) in [6.45, 7) is 5.11. The highest BCUT2D eigenvalue weighted by Gasteiger charge is 2.38. The lowest BCUT2D eigenvalue weighted by atomic mass is 9.95. The van der Waals surface area contributed by atoms with Gasteiger partial charge in [-0.05, 0) is 12.8 Å². The number of carbonyl (C=O) groups is 1. The number of rotatable bonds is 7. The third-order valence-corrected chi connectivity index (χ3v) is 3.61. The van der Waals surface area contributed by atoms with Crippen molar-refractivity contribution in [1.82, 2.24) is 9.44 Å². The molecule has 0 aliphatic heterocycles. The minimum absolute atomic E-state index is 0.198. The maximum atomic E-state index is 11.4. The normalized spacial score (nSPS) is 12.7. The van der Waals surface area contributed by atoms with Gasteiger partial charge >= 0.3 is 5.97 Å². The van der Waals surface area contributed by atoms with Crippen LogP contribution in [0.1, 0.15) is 33.6 Å². The van der Waals surface area contributed by atoms with E-state index in [0.717, 1.165) is 0 Å². The average Bonchev–Trinajstić information content (AvgIpc) is 2.13. The van der Waals surface area contributed by atoms with Crippen molar-refractivity contribution >= 4 is 16.2 Å². The van der Waals surface area contributed by atoms with Gasteiger partial charge in [0.1, 0.15) is 5.54 Å². The summed E-state index contributed by atoms with van der Waals surface area (Å²) < 4.78 is 27.1. The molecular formula is C8H18N2O4S. The van der Waals surface area contributed by atoms with E-state index in [9.17, 15) is 13.2 Å². The van der Waals surface area contributed by atoms with Gasteiger partial charge in [-0.15, -0.1) is 0 Å². The third-order valence-electron chi connectivity index (χ3n) is 2.28. The summed E-state index contributed by atoms with van der Waals surface area (Å²) in [4.78, 5) is 11.0. The fourth-order valence-electron chi connectivity index (χ4n) is 1.22. The van der Waals surface area contributed by atoms with Crippen LogP contribution in [-0.4, -0.2) is 31.6 Å². The van der Waals surface area contributed by atoms with Gasteiger partial charge in [-0.1, -0.05) is 20.8 Å². The van der Waals surface area contributed by atoms with Crippen molar-refractivity contribution < 1.29 is 18.3 Å². The van der Waals surface area contributed by atoms with Gasteiger partial charge in [0.25, 0.3) is 10.2 Å². The Morgan fingerprint density at radius 1 is 1.27 bits per heavy atom. The van der Waals surface area contributed by atoms with E-state index in [-0.39, 0.29) is 19.4 Å². The monoisotopic (exact) mass is 238 g/mol. The lowest BCUT2D eigenvalue weighted by molar-refractivity contribution is -0.144. The Hall–Kier alpha value is -0.660. The summed E-state index contributed by atoms with van der Waals surface area (Å²) in [5, 5.41) is 9.00. The first-order valence-corrected chi connectivity index (χ1v) is 6.33. The van der Waals surface area contributed by atoms with Crippen molar-refractivity contribution in [2.75, 3.05) is 6.54 Å². The molecule has 0 aliphatic carbocycles. The summed E-state index contributed by atoms with van der Waals surface area (Å²) in [6, 6.07) is 0. The average molecular weight is 238 g/mol. The van der Waals surface area contributed by atoms with Gasteiger partial charge in [-0.2, -0.15) is 13.1 Å². The number of aliphatic carboxylic acids is 1. The van der Waals surface area contributed by atoms with E-state index in [1.165, 1.54) is 0 Å². The van der Waals surface area contributed by atoms with E-state index < -0.39 is 21.7 Å². The Morgan fingerprint density at radius 2 is 1.73 bits per heavy atom. The Labute approximate surface area is 90.2 Å². The first kappa shape index (κ1) is 14.3. The van der Waals surface area contributed by atoms with Crippen LogP contribution in [0.2, 0.25) is 0 Å². The van der Waals surface area contributed by atoms with Crippen LogP contribution in [-0.2, 0) is 15.0 Å². The summed E-state index contributed by atoms with van der Waals surface area (Å²) in [5.74, 6) is -1.16. The first-order chi connectivity index (χ1) is 6.83. The minimum atomic E-state index is -3.74. The van der Waals surface area contributed by atoms with Crippen LogP contribution in [0.15, 0.2) is 0 Å². The van der Waals surface area contributed by atoms with Gasteiger partial charge in [-0.25, -0.2) is 4.72 Å². The second-order valence-electron chi connectivity index (χ2n) is 3.20. The third kappa shape index (κ3) is 3.77. The summed E-state index contributed by atoms with van der Waals surface area (Å²) in [5.41, 5.74) is -1.42. The van der Waals surface area contributed by atoms with Crippen molar-refractivity contribution in [2.24, 2.45) is 0 Å². The molecule has 0 aliphatic rings. The fraction of sp³-hybridized carbons (Fsp3) is 0.875. The number of carboxylic acids is 1. The largest absolute Gasteiger partial charge is 0.480 e. The Morgan fingerprint density at radius 3 is 2.00 bits per heavy atom. The molecule has 0 amide bonds. The quantitative estimate of drug-likeness (QED) is 0.585. The summed E-state index contributed by atoms with van der Waals surface area (Å²) in [6.07, 6.45) is 0.396. The highest BCUT2D eigenvalue weighted by atomic mass is 32.2. The standard InChI is InChI=1S/C8H18N2O4S/c1-4-8(5-2,7(11)12)10-15(13,14)9-6-3/h9-10H,4-6H2,1-3H3,(H,11,12). The molecule has 15 heavy (non-hydrogen) atoms. The number of hydrogen-bond donors (Lipinski definition) is 3. The first-order valence-electron chi connectivity index (χ1n) is 4.85. The zero-order valence-electron chi connectivity index (χ0n) is 9.20. The maximum Gasteiger partial charge on any atom is 0.324 e. The Balaban J connectivity index is 4.92. The topological polar surface area (TPSA) is 95.5 Å². The van der Waals surface area contributed by atoms with Crippen molar-refractivity contribution in [2.45, 2.75) is 39.2 Å². The number of hydrogen-bond acceptors (Lipinski definition) is 3. The van der Waals surface area contributed by atoms with Gasteiger partial charge in [0.2, 0.25) is 0 Å². The molecule has 7 heteroatoms. The number of nitrogens with one attached hydrogen (secondary N) is 2. The molecule has 0 saturated heterocycles. The van der Waals surface area contributed by atoms with Crippen LogP contribution in [0.4, 0.5) is 0 Å². The van der Waals surface area contributed by atoms with Crippen LogP contribution in [0.3, 0.4) is 0 Å². The van der Waals surface area contributed by atoms with Crippen molar-refractivity contribution in [3.8, 4) is 0 Å². The van der Waals surface area contributed by atoms with Gasteiger partial charge in [0, 0.05) is 6.54 Å². The Kier molecular flexibility index (Phi) is 5.19. The lowest BCUT2D eigenvalue weighted by Gasteiger charge is -2.27. The number of carboxylic acid groups (broad SMARTS) is 1. The van der Waals surface area contributed by atoms with Crippen molar-refractivity contribution in [3.63, 3.8) is 0 Å². The van der Waals surface area contributed by atoms with Crippen molar-refractivity contribution in [3.05, 3.63) is 0 Å². The molecule has 0 aromatic carbocycles. The zero-order valence-corrected chi connectivity index (χ0v) is 10.0. The van der Waals surface area contributed by atoms with Crippen LogP contribution in [0.5, 0.6) is 0 Å². The molecule has 0 fully saturated rings. The van der Waals surface area contributed by atoms with Crippen molar-refractivity contribution in [1.29, 1.82) is 0 Å². The molecule has 0 aromatic heterocycles. The zero-order chi connectivity index (χ0) is 12.1. The molecule has 6 nitrogen and oxygen atoms in total. The van der Waals surface area contributed by atoms with Gasteiger partial charge in [-0.3, -0.25) is 4.79 Å². The molecule has 0 bridgehead atoms. The lowest BCUT2D eigenvalue weighted by Crippen LogP contribution is -2.56. The molecule has 0 unspecified atom stereocenters. The summed E-state index contributed by atoms with van der Waals surface area (Å²) >= 11 is 0. The van der Waals surface area contributed by atoms with E-state index in [1.54, 1.807) is 20.8 Å². The maximum absolute atomic E-state index is 11.4. The fourth-order valence-corrected chi connectivity index (χ4v) is 2.57. The molecule has 0 saturated carbocycles. The van der Waals surface area contributed by atoms with Crippen LogP contribution < -0.4 is 9.44 Å². The van der Waals surface area contributed by atoms with Crippen LogP contribution in [0, 0.1) is 0 Å². The van der Waals surface area contributed by atoms with E-state index >= 15 is 0 Å².